The lowest BCUT2D eigenvalue weighted by Crippen LogP contribution is -2.04. The van der Waals surface area contributed by atoms with Crippen LogP contribution in [0.3, 0.4) is 0 Å². The zero-order valence-corrected chi connectivity index (χ0v) is 9.45. The van der Waals surface area contributed by atoms with E-state index in [9.17, 15) is 0 Å². The quantitative estimate of drug-likeness (QED) is 0.805. The lowest BCUT2D eigenvalue weighted by Gasteiger charge is -2.08. The Bertz CT molecular complexity index is 244. The van der Waals surface area contributed by atoms with Gasteiger partial charge < -0.3 is 9.84 Å². The first kappa shape index (κ1) is 13.0. The van der Waals surface area contributed by atoms with Crippen LogP contribution >= 0.6 is 0 Å². The van der Waals surface area contributed by atoms with E-state index in [2.05, 4.69) is 32.9 Å². The van der Waals surface area contributed by atoms with Crippen LogP contribution in [-0.4, -0.2) is 18.8 Å². The second-order valence-electron chi connectivity index (χ2n) is 3.52. The number of aliphatic hydroxyl groups is 1. The highest BCUT2D eigenvalue weighted by atomic mass is 16.5. The number of aryl methyl sites for hydroxylation is 1. The molecule has 0 fully saturated rings. The van der Waals surface area contributed by atoms with Gasteiger partial charge in [0.05, 0.1) is 6.61 Å². The van der Waals surface area contributed by atoms with Gasteiger partial charge in [-0.15, -0.1) is 0 Å². The highest BCUT2D eigenvalue weighted by Gasteiger charge is 1.95. The summed E-state index contributed by atoms with van der Waals surface area (Å²) in [5, 5.41) is 7.00. The van der Waals surface area contributed by atoms with Crippen molar-refractivity contribution in [3.05, 3.63) is 29.8 Å². The molecule has 0 heterocycles. The maximum Gasteiger partial charge on any atom is 0.119 e. The molecule has 2 heteroatoms. The second kappa shape index (κ2) is 7.39. The molecule has 0 amide bonds. The molecule has 0 radical (unpaired) electrons. The van der Waals surface area contributed by atoms with E-state index in [4.69, 9.17) is 9.84 Å². The van der Waals surface area contributed by atoms with Crippen LogP contribution in [0.15, 0.2) is 24.3 Å². The van der Waals surface area contributed by atoms with Gasteiger partial charge in [0, 0.05) is 7.11 Å². The lowest BCUT2D eigenvalue weighted by molar-refractivity contribution is 0.271. The Morgan fingerprint density at radius 1 is 1.29 bits per heavy atom. The number of aliphatic hydroxyl groups excluding tert-OH is 1. The first-order valence-electron chi connectivity index (χ1n) is 4.82. The van der Waals surface area contributed by atoms with Crippen LogP contribution in [0.1, 0.15) is 19.4 Å². The zero-order valence-electron chi connectivity index (χ0n) is 9.45. The fraction of sp³-hybridized carbons (Fsp3) is 0.500. The molecule has 0 aliphatic heterocycles. The van der Waals surface area contributed by atoms with Crippen molar-refractivity contribution in [2.45, 2.75) is 20.8 Å². The third-order valence-corrected chi connectivity index (χ3v) is 1.57. The van der Waals surface area contributed by atoms with Crippen molar-refractivity contribution in [1.29, 1.82) is 0 Å². The summed E-state index contributed by atoms with van der Waals surface area (Å²) in [6.45, 7) is 7.16. The van der Waals surface area contributed by atoms with Gasteiger partial charge in [0.15, 0.2) is 0 Å². The largest absolute Gasteiger partial charge is 0.493 e. The third-order valence-electron chi connectivity index (χ3n) is 1.57. The maximum absolute atomic E-state index is 7.00. The standard InChI is InChI=1S/C11H16O.CH4O/c1-9(2)8-12-11-6-4-5-10(3)7-11;1-2/h4-7,9H,8H2,1-3H3;2H,1H3. The Balaban J connectivity index is 0.000000791. The summed E-state index contributed by atoms with van der Waals surface area (Å²) >= 11 is 0. The average Bonchev–Trinajstić information content (AvgIpc) is 2.18. The monoisotopic (exact) mass is 196 g/mol. The SMILES string of the molecule is CO.Cc1cccc(OCC(C)C)c1. The predicted octanol–water partition coefficient (Wildman–Crippen LogP) is 2.64. The van der Waals surface area contributed by atoms with Gasteiger partial charge in [-0.25, -0.2) is 0 Å². The molecule has 80 valence electrons. The molecule has 0 aromatic heterocycles. The molecular weight excluding hydrogens is 176 g/mol. The third kappa shape index (κ3) is 5.60. The highest BCUT2D eigenvalue weighted by Crippen LogP contribution is 2.12. The van der Waals surface area contributed by atoms with Gasteiger partial charge in [0.25, 0.3) is 0 Å². The Labute approximate surface area is 86.5 Å². The molecule has 2 nitrogen and oxygen atoms in total. The zero-order chi connectivity index (χ0) is 11.0. The molecule has 0 spiro atoms. The average molecular weight is 196 g/mol. The molecule has 0 aliphatic carbocycles. The molecule has 0 unspecified atom stereocenters. The van der Waals surface area contributed by atoms with Gasteiger partial charge >= 0.3 is 0 Å². The van der Waals surface area contributed by atoms with Gasteiger partial charge in [-0.3, -0.25) is 0 Å². The van der Waals surface area contributed by atoms with E-state index in [0.717, 1.165) is 19.5 Å². The maximum atomic E-state index is 7.00. The van der Waals surface area contributed by atoms with Crippen LogP contribution < -0.4 is 4.74 Å². The van der Waals surface area contributed by atoms with Crippen molar-refractivity contribution in [3.8, 4) is 5.75 Å². The Kier molecular flexibility index (Phi) is 6.85. The Morgan fingerprint density at radius 2 is 1.93 bits per heavy atom. The first-order chi connectivity index (χ1) is 6.68. The van der Waals surface area contributed by atoms with Crippen LogP contribution in [0.5, 0.6) is 5.75 Å². The van der Waals surface area contributed by atoms with E-state index >= 15 is 0 Å². The van der Waals surface area contributed by atoms with Crippen LogP contribution in [0.2, 0.25) is 0 Å². The summed E-state index contributed by atoms with van der Waals surface area (Å²) in [6.07, 6.45) is 0. The van der Waals surface area contributed by atoms with E-state index in [-0.39, 0.29) is 0 Å². The van der Waals surface area contributed by atoms with Crippen molar-refractivity contribution >= 4 is 0 Å². The van der Waals surface area contributed by atoms with Crippen LogP contribution in [0.25, 0.3) is 0 Å². The first-order valence-corrected chi connectivity index (χ1v) is 4.82. The summed E-state index contributed by atoms with van der Waals surface area (Å²) in [4.78, 5) is 0. The van der Waals surface area contributed by atoms with E-state index in [1.54, 1.807) is 0 Å². The van der Waals surface area contributed by atoms with Crippen LogP contribution in [0.4, 0.5) is 0 Å². The summed E-state index contributed by atoms with van der Waals surface area (Å²) < 4.78 is 5.55. The lowest BCUT2D eigenvalue weighted by atomic mass is 10.2. The molecule has 14 heavy (non-hydrogen) atoms. The number of rotatable bonds is 3. The van der Waals surface area contributed by atoms with Crippen molar-refractivity contribution in [3.63, 3.8) is 0 Å². The summed E-state index contributed by atoms with van der Waals surface area (Å²) in [7, 11) is 1.00. The summed E-state index contributed by atoms with van der Waals surface area (Å²) in [5.74, 6) is 1.56. The van der Waals surface area contributed by atoms with E-state index < -0.39 is 0 Å². The minimum atomic E-state index is 0.588. The van der Waals surface area contributed by atoms with Gasteiger partial charge in [0.1, 0.15) is 5.75 Å². The molecule has 1 aromatic rings. The molecule has 0 saturated carbocycles. The van der Waals surface area contributed by atoms with Crippen molar-refractivity contribution < 1.29 is 9.84 Å². The molecule has 0 saturated heterocycles. The fourth-order valence-corrected chi connectivity index (χ4v) is 0.968. The highest BCUT2D eigenvalue weighted by molar-refractivity contribution is 5.27. The minimum absolute atomic E-state index is 0.588. The van der Waals surface area contributed by atoms with Crippen molar-refractivity contribution in [2.75, 3.05) is 13.7 Å². The van der Waals surface area contributed by atoms with Crippen LogP contribution in [0, 0.1) is 12.8 Å². The predicted molar refractivity (Wildman–Crippen MR) is 59.7 cm³/mol. The fourth-order valence-electron chi connectivity index (χ4n) is 0.968. The smallest absolute Gasteiger partial charge is 0.119 e. The van der Waals surface area contributed by atoms with Crippen LogP contribution in [-0.2, 0) is 0 Å². The molecule has 1 rings (SSSR count). The van der Waals surface area contributed by atoms with Crippen molar-refractivity contribution in [1.82, 2.24) is 0 Å². The molecular formula is C12H20O2. The number of ether oxygens (including phenoxy) is 1. The topological polar surface area (TPSA) is 29.5 Å². The van der Waals surface area contributed by atoms with E-state index in [1.807, 2.05) is 12.1 Å². The molecule has 0 aliphatic rings. The van der Waals surface area contributed by atoms with E-state index in [1.165, 1.54) is 5.56 Å². The van der Waals surface area contributed by atoms with Gasteiger partial charge in [-0.05, 0) is 30.5 Å². The Morgan fingerprint density at radius 3 is 2.43 bits per heavy atom. The summed E-state index contributed by atoms with van der Waals surface area (Å²) in [6, 6.07) is 8.14. The normalized spacial score (nSPS) is 9.29. The molecule has 0 bridgehead atoms. The van der Waals surface area contributed by atoms with Gasteiger partial charge in [-0.2, -0.15) is 0 Å². The number of hydrogen-bond acceptors (Lipinski definition) is 2. The molecule has 1 aromatic carbocycles. The minimum Gasteiger partial charge on any atom is -0.493 e. The van der Waals surface area contributed by atoms with E-state index in [0.29, 0.717) is 5.92 Å². The number of hydrogen-bond donors (Lipinski definition) is 1. The second-order valence-corrected chi connectivity index (χ2v) is 3.52. The van der Waals surface area contributed by atoms with Crippen molar-refractivity contribution in [2.24, 2.45) is 5.92 Å². The Hall–Kier alpha value is -1.02. The molecule has 1 N–H and O–H groups in total. The number of benzene rings is 1. The van der Waals surface area contributed by atoms with Gasteiger partial charge in [-0.1, -0.05) is 26.0 Å². The summed E-state index contributed by atoms with van der Waals surface area (Å²) in [5.41, 5.74) is 1.25. The van der Waals surface area contributed by atoms with Gasteiger partial charge in [0.2, 0.25) is 0 Å². The molecule has 0 atom stereocenters.